The minimum atomic E-state index is 0.0214. The first-order chi connectivity index (χ1) is 8.83. The normalized spacial score (nSPS) is 36.6. The molecule has 0 aromatic rings. The Kier molecular flexibility index (Phi) is 3.82. The molecule has 1 amide bonds. The summed E-state index contributed by atoms with van der Waals surface area (Å²) in [6, 6.07) is 0.654. The Balaban J connectivity index is 1.41. The average Bonchev–Trinajstić information content (AvgIpc) is 3.05. The predicted molar refractivity (Wildman–Crippen MR) is 68.4 cm³/mol. The van der Waals surface area contributed by atoms with E-state index in [-0.39, 0.29) is 18.1 Å². The highest BCUT2D eigenvalue weighted by Gasteiger charge is 2.32. The third kappa shape index (κ3) is 2.68. The molecule has 0 radical (unpaired) electrons. The molecule has 3 rings (SSSR count). The van der Waals surface area contributed by atoms with Crippen molar-refractivity contribution in [1.82, 2.24) is 15.5 Å². The first-order valence-corrected chi connectivity index (χ1v) is 7.19. The zero-order valence-corrected chi connectivity index (χ0v) is 10.9. The van der Waals surface area contributed by atoms with E-state index in [9.17, 15) is 4.79 Å². The molecule has 3 aliphatic rings. The molecule has 3 unspecified atom stereocenters. The van der Waals surface area contributed by atoms with E-state index in [1.54, 1.807) is 0 Å². The quantitative estimate of drug-likeness (QED) is 0.726. The van der Waals surface area contributed by atoms with E-state index < -0.39 is 0 Å². The minimum Gasteiger partial charge on any atom is -0.373 e. The first-order valence-electron chi connectivity index (χ1n) is 7.19. The van der Waals surface area contributed by atoms with Crippen LogP contribution < -0.4 is 10.6 Å². The zero-order chi connectivity index (χ0) is 12.4. The molecule has 0 aromatic heterocycles. The Hall–Kier alpha value is -0.650. The van der Waals surface area contributed by atoms with Crippen LogP contribution in [0.25, 0.3) is 0 Å². The van der Waals surface area contributed by atoms with Gasteiger partial charge in [-0.15, -0.1) is 0 Å². The number of carbonyl (C=O) groups is 1. The molecule has 3 saturated heterocycles. The number of morpholine rings is 1. The van der Waals surface area contributed by atoms with Crippen LogP contribution in [-0.2, 0) is 9.53 Å². The van der Waals surface area contributed by atoms with E-state index in [1.807, 2.05) is 0 Å². The summed E-state index contributed by atoms with van der Waals surface area (Å²) in [5.41, 5.74) is 0. The van der Waals surface area contributed by atoms with Crippen molar-refractivity contribution in [3.63, 3.8) is 0 Å². The van der Waals surface area contributed by atoms with Crippen molar-refractivity contribution in [2.45, 2.75) is 43.9 Å². The van der Waals surface area contributed by atoms with Gasteiger partial charge in [-0.3, -0.25) is 9.69 Å². The molecule has 2 N–H and O–H groups in total. The number of ether oxygens (including phenoxy) is 1. The van der Waals surface area contributed by atoms with Crippen molar-refractivity contribution in [2.75, 3.05) is 32.8 Å². The highest BCUT2D eigenvalue weighted by Crippen LogP contribution is 2.22. The van der Waals surface area contributed by atoms with Gasteiger partial charge in [0.2, 0.25) is 5.91 Å². The molecule has 0 aliphatic carbocycles. The van der Waals surface area contributed by atoms with Gasteiger partial charge in [-0.1, -0.05) is 0 Å². The molecule has 0 saturated carbocycles. The summed E-state index contributed by atoms with van der Waals surface area (Å²) in [5.74, 6) is 0.139. The highest BCUT2D eigenvalue weighted by atomic mass is 16.5. The molecule has 0 bridgehead atoms. The fourth-order valence-electron chi connectivity index (χ4n) is 3.26. The topological polar surface area (TPSA) is 53.6 Å². The van der Waals surface area contributed by atoms with Gasteiger partial charge in [-0.2, -0.15) is 0 Å². The predicted octanol–water partition coefficient (Wildman–Crippen LogP) is -0.282. The number of nitrogens with one attached hydrogen (secondary N) is 2. The van der Waals surface area contributed by atoms with Crippen molar-refractivity contribution >= 4 is 5.91 Å². The van der Waals surface area contributed by atoms with E-state index >= 15 is 0 Å². The minimum absolute atomic E-state index is 0.0214. The van der Waals surface area contributed by atoms with Crippen LogP contribution in [0.1, 0.15) is 25.7 Å². The number of carbonyl (C=O) groups excluding carboxylic acids is 1. The molecule has 0 aromatic carbocycles. The van der Waals surface area contributed by atoms with Crippen LogP contribution >= 0.6 is 0 Å². The Morgan fingerprint density at radius 3 is 3.17 bits per heavy atom. The highest BCUT2D eigenvalue weighted by molar-refractivity contribution is 5.82. The fourth-order valence-corrected chi connectivity index (χ4v) is 3.26. The second kappa shape index (κ2) is 5.55. The van der Waals surface area contributed by atoms with Gasteiger partial charge in [0.1, 0.15) is 0 Å². The van der Waals surface area contributed by atoms with Crippen LogP contribution in [0.15, 0.2) is 0 Å². The summed E-state index contributed by atoms with van der Waals surface area (Å²) >= 11 is 0. The summed E-state index contributed by atoms with van der Waals surface area (Å²) in [5, 5.41) is 6.24. The van der Waals surface area contributed by atoms with Gasteiger partial charge >= 0.3 is 0 Å². The molecule has 102 valence electrons. The summed E-state index contributed by atoms with van der Waals surface area (Å²) in [7, 11) is 0. The van der Waals surface area contributed by atoms with Crippen LogP contribution in [-0.4, -0.2) is 61.8 Å². The number of rotatable bonds is 3. The molecule has 3 heterocycles. The number of amides is 1. The lowest BCUT2D eigenvalue weighted by molar-refractivity contribution is -0.124. The lowest BCUT2D eigenvalue weighted by Gasteiger charge is -2.35. The smallest absolute Gasteiger partial charge is 0.237 e. The maximum atomic E-state index is 11.9. The van der Waals surface area contributed by atoms with Gasteiger partial charge in [-0.05, 0) is 38.8 Å². The van der Waals surface area contributed by atoms with Gasteiger partial charge in [0.05, 0.1) is 18.8 Å². The van der Waals surface area contributed by atoms with E-state index in [0.29, 0.717) is 12.6 Å². The van der Waals surface area contributed by atoms with Crippen LogP contribution in [0.4, 0.5) is 0 Å². The van der Waals surface area contributed by atoms with Crippen LogP contribution in [0.3, 0.4) is 0 Å². The summed E-state index contributed by atoms with van der Waals surface area (Å²) < 4.78 is 5.83. The maximum Gasteiger partial charge on any atom is 0.237 e. The first kappa shape index (κ1) is 12.4. The second-order valence-electron chi connectivity index (χ2n) is 5.64. The molecule has 5 nitrogen and oxygen atoms in total. The van der Waals surface area contributed by atoms with Crippen LogP contribution in [0, 0.1) is 0 Å². The van der Waals surface area contributed by atoms with Crippen molar-refractivity contribution in [3.05, 3.63) is 0 Å². The lowest BCUT2D eigenvalue weighted by Crippen LogP contribution is -2.51. The third-order valence-electron chi connectivity index (χ3n) is 4.34. The molecule has 3 aliphatic heterocycles. The van der Waals surface area contributed by atoms with Crippen molar-refractivity contribution in [1.29, 1.82) is 0 Å². The Labute approximate surface area is 108 Å². The summed E-state index contributed by atoms with van der Waals surface area (Å²) in [4.78, 5) is 14.4. The molecule has 0 spiro atoms. The number of hydrogen-bond acceptors (Lipinski definition) is 4. The summed E-state index contributed by atoms with van der Waals surface area (Å²) in [6.07, 6.45) is 4.80. The molecule has 3 fully saturated rings. The SMILES string of the molecule is O=C(NCC1CN2CCCC2CO1)C1CCCN1. The second-order valence-corrected chi connectivity index (χ2v) is 5.64. The zero-order valence-electron chi connectivity index (χ0n) is 10.9. The molecule has 5 heteroatoms. The Morgan fingerprint density at radius 1 is 1.39 bits per heavy atom. The van der Waals surface area contributed by atoms with Crippen molar-refractivity contribution in [2.24, 2.45) is 0 Å². The van der Waals surface area contributed by atoms with Crippen molar-refractivity contribution < 1.29 is 9.53 Å². The van der Waals surface area contributed by atoms with E-state index in [4.69, 9.17) is 4.74 Å². The largest absolute Gasteiger partial charge is 0.373 e. The number of hydrogen-bond donors (Lipinski definition) is 2. The fraction of sp³-hybridized carbons (Fsp3) is 0.923. The van der Waals surface area contributed by atoms with Crippen molar-refractivity contribution in [3.8, 4) is 0 Å². The van der Waals surface area contributed by atoms with Crippen LogP contribution in [0.2, 0.25) is 0 Å². The standard InChI is InChI=1S/C13H23N3O2/c17-13(12-4-1-5-14-12)15-7-11-8-16-6-2-3-10(16)9-18-11/h10-12,14H,1-9H2,(H,15,17). The van der Waals surface area contributed by atoms with Gasteiger partial charge in [-0.25, -0.2) is 0 Å². The maximum absolute atomic E-state index is 11.9. The van der Waals surface area contributed by atoms with E-state index in [1.165, 1.54) is 19.4 Å². The number of fused-ring (bicyclic) bond motifs is 1. The third-order valence-corrected chi connectivity index (χ3v) is 4.34. The lowest BCUT2D eigenvalue weighted by atomic mass is 10.2. The van der Waals surface area contributed by atoms with Gasteiger partial charge < -0.3 is 15.4 Å². The average molecular weight is 253 g/mol. The molecular formula is C13H23N3O2. The number of nitrogens with zero attached hydrogens (tertiary/aromatic N) is 1. The van der Waals surface area contributed by atoms with E-state index in [2.05, 4.69) is 15.5 Å². The van der Waals surface area contributed by atoms with E-state index in [0.717, 1.165) is 32.5 Å². The van der Waals surface area contributed by atoms with Gasteiger partial charge in [0, 0.05) is 19.1 Å². The molecular weight excluding hydrogens is 230 g/mol. The summed E-state index contributed by atoms with van der Waals surface area (Å²) in [6.45, 7) is 4.63. The monoisotopic (exact) mass is 253 g/mol. The molecule has 18 heavy (non-hydrogen) atoms. The van der Waals surface area contributed by atoms with Gasteiger partial charge in [0.25, 0.3) is 0 Å². The van der Waals surface area contributed by atoms with Gasteiger partial charge in [0.15, 0.2) is 0 Å². The Morgan fingerprint density at radius 2 is 2.33 bits per heavy atom. The molecule has 3 atom stereocenters. The Bertz CT molecular complexity index is 305. The van der Waals surface area contributed by atoms with Crippen LogP contribution in [0.5, 0.6) is 0 Å².